The van der Waals surface area contributed by atoms with Crippen LogP contribution in [0.5, 0.6) is 0 Å². The number of amides is 1. The molecule has 1 aliphatic rings. The van der Waals surface area contributed by atoms with Crippen molar-refractivity contribution in [3.63, 3.8) is 0 Å². The van der Waals surface area contributed by atoms with Crippen LogP contribution in [0.15, 0.2) is 40.3 Å². The summed E-state index contributed by atoms with van der Waals surface area (Å²) in [6.45, 7) is 0.840. The van der Waals surface area contributed by atoms with Crippen molar-refractivity contribution in [1.29, 1.82) is 0 Å². The van der Waals surface area contributed by atoms with Crippen LogP contribution >= 0.6 is 11.3 Å². The number of aliphatic carboxylic acids is 1. The number of hydrogen-bond donors (Lipinski definition) is 1. The number of nitrogens with zero attached hydrogens (tertiary/aromatic N) is 1. The molecule has 23 heavy (non-hydrogen) atoms. The first kappa shape index (κ1) is 15.8. The first-order chi connectivity index (χ1) is 11.1. The molecule has 5 nitrogen and oxygen atoms in total. The Bertz CT molecular complexity index is 623. The zero-order chi connectivity index (χ0) is 16.3. The number of carbonyl (C=O) groups excluding carboxylic acids is 1. The maximum absolute atomic E-state index is 12.7. The van der Waals surface area contributed by atoms with Gasteiger partial charge in [-0.2, -0.15) is 0 Å². The molecule has 0 aromatic carbocycles. The highest BCUT2D eigenvalue weighted by atomic mass is 32.1. The van der Waals surface area contributed by atoms with E-state index in [0.717, 1.165) is 11.3 Å². The fraction of sp³-hybridized carbons (Fsp3) is 0.412. The van der Waals surface area contributed by atoms with E-state index >= 15 is 0 Å². The number of carboxylic acids is 1. The summed E-state index contributed by atoms with van der Waals surface area (Å²) in [7, 11) is 0. The predicted octanol–water partition coefficient (Wildman–Crippen LogP) is 3.51. The van der Waals surface area contributed by atoms with Crippen LogP contribution in [-0.2, 0) is 22.7 Å². The van der Waals surface area contributed by atoms with Crippen LogP contribution in [-0.4, -0.2) is 21.9 Å². The van der Waals surface area contributed by atoms with Gasteiger partial charge in [0.2, 0.25) is 5.91 Å². The lowest BCUT2D eigenvalue weighted by Gasteiger charge is -2.38. The molecule has 0 unspecified atom stereocenters. The van der Waals surface area contributed by atoms with Gasteiger partial charge in [-0.05, 0) is 36.4 Å². The van der Waals surface area contributed by atoms with Crippen LogP contribution in [0.2, 0.25) is 0 Å². The molecule has 1 N–H and O–H groups in total. The van der Waals surface area contributed by atoms with E-state index in [4.69, 9.17) is 4.42 Å². The van der Waals surface area contributed by atoms with Crippen molar-refractivity contribution in [3.05, 3.63) is 46.5 Å². The Hall–Kier alpha value is -2.08. The second kappa shape index (κ2) is 6.58. The Kier molecular flexibility index (Phi) is 4.52. The smallest absolute Gasteiger partial charge is 0.310 e. The van der Waals surface area contributed by atoms with E-state index in [-0.39, 0.29) is 12.3 Å². The minimum atomic E-state index is -0.867. The lowest BCUT2D eigenvalue weighted by atomic mass is 9.66. The predicted molar refractivity (Wildman–Crippen MR) is 85.8 cm³/mol. The van der Waals surface area contributed by atoms with Crippen LogP contribution in [0.4, 0.5) is 0 Å². The topological polar surface area (TPSA) is 70.8 Å². The van der Waals surface area contributed by atoms with Gasteiger partial charge >= 0.3 is 5.97 Å². The summed E-state index contributed by atoms with van der Waals surface area (Å²) < 4.78 is 5.34. The van der Waals surface area contributed by atoms with Gasteiger partial charge in [-0.15, -0.1) is 11.3 Å². The summed E-state index contributed by atoms with van der Waals surface area (Å²) in [5.74, 6) is -0.282. The SMILES string of the molecule is O=C(CC1(C(=O)O)CCC1)N(Cc1ccco1)Cc1cccs1. The van der Waals surface area contributed by atoms with Crippen molar-refractivity contribution in [2.24, 2.45) is 5.41 Å². The van der Waals surface area contributed by atoms with Crippen LogP contribution in [0.3, 0.4) is 0 Å². The molecule has 0 atom stereocenters. The van der Waals surface area contributed by atoms with Crippen LogP contribution < -0.4 is 0 Å². The van der Waals surface area contributed by atoms with Crippen molar-refractivity contribution in [2.75, 3.05) is 0 Å². The van der Waals surface area contributed by atoms with Gasteiger partial charge < -0.3 is 14.4 Å². The molecule has 1 aliphatic carbocycles. The maximum Gasteiger partial charge on any atom is 0.310 e. The molecule has 1 fully saturated rings. The molecule has 0 spiro atoms. The Morgan fingerprint density at radius 2 is 2.09 bits per heavy atom. The normalized spacial score (nSPS) is 15.8. The zero-order valence-corrected chi connectivity index (χ0v) is 13.6. The van der Waals surface area contributed by atoms with Gasteiger partial charge in [0.1, 0.15) is 5.76 Å². The monoisotopic (exact) mass is 333 g/mol. The van der Waals surface area contributed by atoms with Crippen molar-refractivity contribution < 1.29 is 19.1 Å². The summed E-state index contributed by atoms with van der Waals surface area (Å²) >= 11 is 1.58. The van der Waals surface area contributed by atoms with Gasteiger partial charge in [-0.3, -0.25) is 9.59 Å². The molecule has 0 aliphatic heterocycles. The lowest BCUT2D eigenvalue weighted by molar-refractivity contribution is -0.159. The molecule has 0 radical (unpaired) electrons. The van der Waals surface area contributed by atoms with Crippen LogP contribution in [0, 0.1) is 5.41 Å². The van der Waals surface area contributed by atoms with Gasteiger partial charge in [0.15, 0.2) is 0 Å². The van der Waals surface area contributed by atoms with Gasteiger partial charge in [0, 0.05) is 11.3 Å². The average molecular weight is 333 g/mol. The summed E-state index contributed by atoms with van der Waals surface area (Å²) in [5.41, 5.74) is -0.867. The third kappa shape index (κ3) is 3.47. The van der Waals surface area contributed by atoms with Crippen LogP contribution in [0.1, 0.15) is 36.3 Å². The molecule has 2 aromatic heterocycles. The quantitative estimate of drug-likeness (QED) is 0.841. The Labute approximate surface area is 138 Å². The lowest BCUT2D eigenvalue weighted by Crippen LogP contribution is -2.43. The molecule has 122 valence electrons. The summed E-state index contributed by atoms with van der Waals surface area (Å²) in [6.07, 6.45) is 3.69. The van der Waals surface area contributed by atoms with Crippen molar-refractivity contribution in [1.82, 2.24) is 4.90 Å². The van der Waals surface area contributed by atoms with E-state index in [1.54, 1.807) is 28.6 Å². The van der Waals surface area contributed by atoms with E-state index in [2.05, 4.69) is 0 Å². The Morgan fingerprint density at radius 3 is 2.61 bits per heavy atom. The first-order valence-electron chi connectivity index (χ1n) is 7.65. The van der Waals surface area contributed by atoms with Gasteiger partial charge in [0.05, 0.1) is 24.8 Å². The molecule has 2 aromatic rings. The fourth-order valence-electron chi connectivity index (χ4n) is 2.88. The number of thiophene rings is 1. The molecule has 1 saturated carbocycles. The molecule has 3 rings (SSSR count). The highest BCUT2D eigenvalue weighted by molar-refractivity contribution is 7.09. The third-order valence-electron chi connectivity index (χ3n) is 4.46. The van der Waals surface area contributed by atoms with E-state index in [0.29, 0.717) is 31.7 Å². The third-order valence-corrected chi connectivity index (χ3v) is 5.32. The standard InChI is InChI=1S/C17H19NO4S/c19-15(10-17(16(20)21)6-3-7-17)18(11-13-4-1-8-22-13)12-14-5-2-9-23-14/h1-2,4-5,8-9H,3,6-7,10-12H2,(H,20,21). The molecule has 6 heteroatoms. The number of carboxylic acid groups (broad SMARTS) is 1. The minimum absolute atomic E-state index is 0.0639. The number of hydrogen-bond acceptors (Lipinski definition) is 4. The second-order valence-corrected chi connectivity index (χ2v) is 7.06. The zero-order valence-electron chi connectivity index (χ0n) is 12.7. The van der Waals surface area contributed by atoms with Crippen molar-refractivity contribution >= 4 is 23.2 Å². The molecule has 1 amide bonds. The Morgan fingerprint density at radius 1 is 1.26 bits per heavy atom. The summed E-state index contributed by atoms with van der Waals surface area (Å²) in [4.78, 5) is 27.0. The largest absolute Gasteiger partial charge is 0.481 e. The van der Waals surface area contributed by atoms with E-state index in [9.17, 15) is 14.7 Å². The molecular weight excluding hydrogens is 314 g/mol. The van der Waals surface area contributed by atoms with Gasteiger partial charge in [-0.1, -0.05) is 12.5 Å². The van der Waals surface area contributed by atoms with Gasteiger partial charge in [-0.25, -0.2) is 0 Å². The van der Waals surface area contributed by atoms with Crippen molar-refractivity contribution in [2.45, 2.75) is 38.8 Å². The van der Waals surface area contributed by atoms with Crippen LogP contribution in [0.25, 0.3) is 0 Å². The fourth-order valence-corrected chi connectivity index (χ4v) is 3.60. The second-order valence-electron chi connectivity index (χ2n) is 6.02. The molecule has 0 bridgehead atoms. The minimum Gasteiger partial charge on any atom is -0.481 e. The van der Waals surface area contributed by atoms with E-state index in [1.165, 1.54) is 0 Å². The summed E-state index contributed by atoms with van der Waals surface area (Å²) in [5, 5.41) is 11.4. The maximum atomic E-state index is 12.7. The molecular formula is C17H19NO4S. The van der Waals surface area contributed by atoms with E-state index < -0.39 is 11.4 Å². The Balaban J connectivity index is 1.73. The van der Waals surface area contributed by atoms with Crippen molar-refractivity contribution in [3.8, 4) is 0 Å². The molecule has 0 saturated heterocycles. The van der Waals surface area contributed by atoms with Gasteiger partial charge in [0.25, 0.3) is 0 Å². The highest BCUT2D eigenvalue weighted by Gasteiger charge is 2.46. The number of rotatable bonds is 7. The highest BCUT2D eigenvalue weighted by Crippen LogP contribution is 2.44. The summed E-state index contributed by atoms with van der Waals surface area (Å²) in [6, 6.07) is 7.53. The first-order valence-corrected chi connectivity index (χ1v) is 8.53. The van der Waals surface area contributed by atoms with E-state index in [1.807, 2.05) is 23.6 Å². The molecule has 2 heterocycles. The average Bonchev–Trinajstić information content (AvgIpc) is 3.14. The number of furan rings is 1. The number of carbonyl (C=O) groups is 2.